The smallest absolute Gasteiger partial charge is 0.411 e. The van der Waals surface area contributed by atoms with E-state index in [-0.39, 0.29) is 19.1 Å². The van der Waals surface area contributed by atoms with E-state index in [4.69, 9.17) is 14.6 Å². The molecular weight excluding hydrogens is 250 g/mol. The fourth-order valence-corrected chi connectivity index (χ4v) is 1.88. The predicted octanol–water partition coefficient (Wildman–Crippen LogP) is 1.65. The maximum Gasteiger partial charge on any atom is 0.411 e. The second-order valence-electron chi connectivity index (χ2n) is 5.47. The summed E-state index contributed by atoms with van der Waals surface area (Å²) in [5.41, 5.74) is -0.653. The minimum Gasteiger partial charge on any atom is -0.480 e. The highest BCUT2D eigenvalue weighted by molar-refractivity contribution is 5.81. The molecule has 108 valence electrons. The molecule has 2 unspecified atom stereocenters. The number of carboxylic acid groups (broad SMARTS) is 1. The van der Waals surface area contributed by atoms with Gasteiger partial charge in [0, 0.05) is 6.42 Å². The van der Waals surface area contributed by atoms with E-state index in [1.54, 1.807) is 26.8 Å². The maximum atomic E-state index is 12.0. The van der Waals surface area contributed by atoms with Crippen LogP contribution in [0.1, 0.15) is 27.2 Å². The van der Waals surface area contributed by atoms with Crippen LogP contribution in [0.5, 0.6) is 0 Å². The average Bonchev–Trinajstić information content (AvgIpc) is 2.68. The molecule has 6 nitrogen and oxygen atoms in total. The van der Waals surface area contributed by atoms with E-state index in [0.29, 0.717) is 6.61 Å². The van der Waals surface area contributed by atoms with Gasteiger partial charge in [0.05, 0.1) is 19.3 Å². The molecular formula is C13H21NO5. The van der Waals surface area contributed by atoms with Gasteiger partial charge in [0.1, 0.15) is 11.6 Å². The van der Waals surface area contributed by atoms with Gasteiger partial charge in [-0.3, -0.25) is 4.90 Å². The van der Waals surface area contributed by atoms with Crippen LogP contribution in [0, 0.1) is 0 Å². The van der Waals surface area contributed by atoms with E-state index in [0.717, 1.165) is 0 Å². The number of nitrogens with zero attached hydrogens (tertiary/aromatic N) is 1. The SMILES string of the molecule is C=CCOC1CC(C(=O)O)N(C(=O)OC(C)(C)C)C1. The molecule has 0 bridgehead atoms. The lowest BCUT2D eigenvalue weighted by Crippen LogP contribution is -2.43. The molecule has 1 amide bonds. The number of likely N-dealkylation sites (tertiary alicyclic amines) is 1. The van der Waals surface area contributed by atoms with Crippen molar-refractivity contribution in [3.63, 3.8) is 0 Å². The van der Waals surface area contributed by atoms with Crippen LogP contribution < -0.4 is 0 Å². The van der Waals surface area contributed by atoms with Crippen LogP contribution in [0.3, 0.4) is 0 Å². The summed E-state index contributed by atoms with van der Waals surface area (Å²) in [6.07, 6.45) is 0.935. The van der Waals surface area contributed by atoms with Crippen LogP contribution in [-0.2, 0) is 14.3 Å². The molecule has 1 N–H and O–H groups in total. The number of carbonyl (C=O) groups is 2. The fourth-order valence-electron chi connectivity index (χ4n) is 1.88. The van der Waals surface area contributed by atoms with Gasteiger partial charge in [-0.1, -0.05) is 6.08 Å². The van der Waals surface area contributed by atoms with Crippen LogP contribution in [0.15, 0.2) is 12.7 Å². The van der Waals surface area contributed by atoms with Gasteiger partial charge in [-0.15, -0.1) is 6.58 Å². The highest BCUT2D eigenvalue weighted by Crippen LogP contribution is 2.23. The summed E-state index contributed by atoms with van der Waals surface area (Å²) in [5, 5.41) is 9.15. The van der Waals surface area contributed by atoms with Crippen molar-refractivity contribution in [1.82, 2.24) is 4.90 Å². The van der Waals surface area contributed by atoms with E-state index in [1.165, 1.54) is 4.90 Å². The predicted molar refractivity (Wildman–Crippen MR) is 68.9 cm³/mol. The Morgan fingerprint density at radius 3 is 2.58 bits per heavy atom. The van der Waals surface area contributed by atoms with Crippen LogP contribution in [-0.4, -0.2) is 53.0 Å². The number of amides is 1. The number of carboxylic acids is 1. The first-order valence-electron chi connectivity index (χ1n) is 6.19. The Kier molecular flexibility index (Phi) is 4.94. The van der Waals surface area contributed by atoms with E-state index in [1.807, 2.05) is 0 Å². The Hall–Kier alpha value is -1.56. The van der Waals surface area contributed by atoms with E-state index in [9.17, 15) is 9.59 Å². The molecule has 0 aromatic heterocycles. The molecule has 0 radical (unpaired) electrons. The van der Waals surface area contributed by atoms with Crippen LogP contribution in [0.25, 0.3) is 0 Å². The fraction of sp³-hybridized carbons (Fsp3) is 0.692. The standard InChI is InChI=1S/C13H21NO5/c1-5-6-18-9-7-10(11(15)16)14(8-9)12(17)19-13(2,3)4/h5,9-10H,1,6-8H2,2-4H3,(H,15,16). The van der Waals surface area contributed by atoms with Gasteiger partial charge in [-0.2, -0.15) is 0 Å². The molecule has 1 fully saturated rings. The van der Waals surface area contributed by atoms with Gasteiger partial charge >= 0.3 is 12.1 Å². The first kappa shape index (κ1) is 15.5. The van der Waals surface area contributed by atoms with Crippen molar-refractivity contribution in [3.05, 3.63) is 12.7 Å². The quantitative estimate of drug-likeness (QED) is 0.787. The first-order chi connectivity index (χ1) is 8.74. The molecule has 2 atom stereocenters. The van der Waals surface area contributed by atoms with Crippen molar-refractivity contribution in [2.45, 2.75) is 44.9 Å². The number of aliphatic carboxylic acids is 1. The van der Waals surface area contributed by atoms with Gasteiger partial charge in [0.2, 0.25) is 0 Å². The second kappa shape index (κ2) is 6.06. The van der Waals surface area contributed by atoms with Gasteiger partial charge in [0.25, 0.3) is 0 Å². The van der Waals surface area contributed by atoms with Gasteiger partial charge in [0.15, 0.2) is 0 Å². The molecule has 19 heavy (non-hydrogen) atoms. The molecule has 0 aromatic rings. The zero-order valence-corrected chi connectivity index (χ0v) is 11.6. The van der Waals surface area contributed by atoms with Gasteiger partial charge in [-0.25, -0.2) is 9.59 Å². The van der Waals surface area contributed by atoms with Crippen LogP contribution >= 0.6 is 0 Å². The normalized spacial score (nSPS) is 23.2. The Balaban J connectivity index is 2.70. The summed E-state index contributed by atoms with van der Waals surface area (Å²) in [7, 11) is 0. The van der Waals surface area contributed by atoms with Crippen LogP contribution in [0.4, 0.5) is 4.79 Å². The molecule has 6 heteroatoms. The highest BCUT2D eigenvalue weighted by Gasteiger charge is 2.41. The van der Waals surface area contributed by atoms with Crippen molar-refractivity contribution in [3.8, 4) is 0 Å². The number of ether oxygens (including phenoxy) is 2. The number of carbonyl (C=O) groups excluding carboxylic acids is 1. The minimum atomic E-state index is -1.05. The zero-order valence-electron chi connectivity index (χ0n) is 11.6. The number of rotatable bonds is 4. The molecule has 1 heterocycles. The Morgan fingerprint density at radius 2 is 2.11 bits per heavy atom. The number of hydrogen-bond acceptors (Lipinski definition) is 4. The van der Waals surface area contributed by atoms with Gasteiger partial charge in [-0.05, 0) is 20.8 Å². The van der Waals surface area contributed by atoms with Gasteiger partial charge < -0.3 is 14.6 Å². The lowest BCUT2D eigenvalue weighted by atomic mass is 10.2. The minimum absolute atomic E-state index is 0.222. The molecule has 0 saturated carbocycles. The molecule has 0 spiro atoms. The summed E-state index contributed by atoms with van der Waals surface area (Å²) in [5.74, 6) is -1.05. The molecule has 1 aliphatic rings. The van der Waals surface area contributed by atoms with Crippen molar-refractivity contribution in [2.24, 2.45) is 0 Å². The van der Waals surface area contributed by atoms with Crippen molar-refractivity contribution in [2.75, 3.05) is 13.2 Å². The lowest BCUT2D eigenvalue weighted by molar-refractivity contribution is -0.142. The maximum absolute atomic E-state index is 12.0. The first-order valence-corrected chi connectivity index (χ1v) is 6.19. The summed E-state index contributed by atoms with van der Waals surface area (Å²) in [6.45, 7) is 9.30. The third-order valence-electron chi connectivity index (χ3n) is 2.63. The Morgan fingerprint density at radius 1 is 1.47 bits per heavy atom. The third-order valence-corrected chi connectivity index (χ3v) is 2.63. The zero-order chi connectivity index (χ0) is 14.6. The average molecular weight is 271 g/mol. The van der Waals surface area contributed by atoms with E-state index >= 15 is 0 Å². The van der Waals surface area contributed by atoms with E-state index < -0.39 is 23.7 Å². The Labute approximate surface area is 113 Å². The Bertz CT molecular complexity index is 361. The summed E-state index contributed by atoms with van der Waals surface area (Å²) in [4.78, 5) is 24.3. The van der Waals surface area contributed by atoms with Crippen molar-refractivity contribution in [1.29, 1.82) is 0 Å². The topological polar surface area (TPSA) is 76.1 Å². The molecule has 0 aliphatic carbocycles. The van der Waals surface area contributed by atoms with Crippen LogP contribution in [0.2, 0.25) is 0 Å². The summed E-state index contributed by atoms with van der Waals surface area (Å²) < 4.78 is 10.6. The van der Waals surface area contributed by atoms with E-state index in [2.05, 4.69) is 6.58 Å². The van der Waals surface area contributed by atoms with Crippen molar-refractivity contribution >= 4 is 12.1 Å². The largest absolute Gasteiger partial charge is 0.480 e. The molecule has 1 aliphatic heterocycles. The summed E-state index contributed by atoms with van der Waals surface area (Å²) >= 11 is 0. The molecule has 1 rings (SSSR count). The second-order valence-corrected chi connectivity index (χ2v) is 5.47. The van der Waals surface area contributed by atoms with Crippen molar-refractivity contribution < 1.29 is 24.2 Å². The monoisotopic (exact) mass is 271 g/mol. The lowest BCUT2D eigenvalue weighted by Gasteiger charge is -2.26. The summed E-state index contributed by atoms with van der Waals surface area (Å²) in [6, 6.07) is -0.898. The molecule has 0 aromatic carbocycles. The number of hydrogen-bond donors (Lipinski definition) is 1. The third kappa shape index (κ3) is 4.55. The molecule has 1 saturated heterocycles. The highest BCUT2D eigenvalue weighted by atomic mass is 16.6.